The summed E-state index contributed by atoms with van der Waals surface area (Å²) >= 11 is 1.40. The molecule has 6 nitrogen and oxygen atoms in total. The van der Waals surface area contributed by atoms with Crippen LogP contribution in [0.1, 0.15) is 24.3 Å². The van der Waals surface area contributed by atoms with Crippen LogP contribution in [-0.4, -0.2) is 21.0 Å². The summed E-state index contributed by atoms with van der Waals surface area (Å²) in [5.41, 5.74) is 2.08. The normalized spacial score (nSPS) is 10.7. The number of nitrogens with zero attached hydrogens (tertiary/aromatic N) is 3. The van der Waals surface area contributed by atoms with Crippen molar-refractivity contribution in [3.63, 3.8) is 0 Å². The van der Waals surface area contributed by atoms with Crippen LogP contribution in [0, 0.1) is 6.92 Å². The first-order valence-corrected chi connectivity index (χ1v) is 8.17. The highest BCUT2D eigenvalue weighted by Gasteiger charge is 2.10. The van der Waals surface area contributed by atoms with Gasteiger partial charge in [0.1, 0.15) is 0 Å². The summed E-state index contributed by atoms with van der Waals surface area (Å²) in [6, 6.07) is 7.94. The molecular formula is C16H16N4O2S. The number of hydrogen-bond donors (Lipinski definition) is 1. The van der Waals surface area contributed by atoms with Crippen molar-refractivity contribution in [2.75, 3.05) is 5.32 Å². The van der Waals surface area contributed by atoms with E-state index in [1.165, 1.54) is 11.3 Å². The highest BCUT2D eigenvalue weighted by Crippen LogP contribution is 2.18. The van der Waals surface area contributed by atoms with Gasteiger partial charge in [-0.15, -0.1) is 11.3 Å². The molecule has 3 aromatic rings. The lowest BCUT2D eigenvalue weighted by atomic mass is 10.1. The number of carbonyl (C=O) groups is 1. The average molecular weight is 328 g/mol. The number of aryl methyl sites for hydroxylation is 2. The lowest BCUT2D eigenvalue weighted by molar-refractivity contribution is -0.116. The van der Waals surface area contributed by atoms with E-state index in [1.54, 1.807) is 6.20 Å². The largest absolute Gasteiger partial charge is 0.339 e. The maximum atomic E-state index is 11.8. The third kappa shape index (κ3) is 4.23. The molecule has 0 unspecified atom stereocenters. The number of anilines is 1. The summed E-state index contributed by atoms with van der Waals surface area (Å²) in [6.45, 7) is 2.02. The highest BCUT2D eigenvalue weighted by molar-refractivity contribution is 7.13. The average Bonchev–Trinajstić information content (AvgIpc) is 3.19. The molecule has 0 atom stereocenters. The molecule has 0 radical (unpaired) electrons. The molecule has 0 fully saturated rings. The van der Waals surface area contributed by atoms with Crippen molar-refractivity contribution in [1.29, 1.82) is 0 Å². The van der Waals surface area contributed by atoms with E-state index in [0.29, 0.717) is 36.1 Å². The minimum Gasteiger partial charge on any atom is -0.339 e. The van der Waals surface area contributed by atoms with Gasteiger partial charge in [0.2, 0.25) is 17.6 Å². The predicted molar refractivity (Wildman–Crippen MR) is 88.2 cm³/mol. The van der Waals surface area contributed by atoms with Gasteiger partial charge in [-0.3, -0.25) is 4.79 Å². The number of aromatic nitrogens is 3. The summed E-state index contributed by atoms with van der Waals surface area (Å²) in [5, 5.41) is 9.18. The molecule has 2 aromatic heterocycles. The number of amides is 1. The Kier molecular flexibility index (Phi) is 4.77. The summed E-state index contributed by atoms with van der Waals surface area (Å²) < 4.78 is 5.24. The molecule has 23 heavy (non-hydrogen) atoms. The molecule has 0 bridgehead atoms. The van der Waals surface area contributed by atoms with Crippen LogP contribution in [0.4, 0.5) is 5.13 Å². The summed E-state index contributed by atoms with van der Waals surface area (Å²) in [5.74, 6) is 1.07. The van der Waals surface area contributed by atoms with E-state index in [2.05, 4.69) is 20.4 Å². The van der Waals surface area contributed by atoms with E-state index in [0.717, 1.165) is 11.1 Å². The SMILES string of the molecule is Cc1cccc(-c2noc(CCCC(=O)Nc3nccs3)n2)c1. The summed E-state index contributed by atoms with van der Waals surface area (Å²) in [4.78, 5) is 20.1. The van der Waals surface area contributed by atoms with Gasteiger partial charge in [0.25, 0.3) is 0 Å². The first-order valence-electron chi connectivity index (χ1n) is 7.30. The van der Waals surface area contributed by atoms with Gasteiger partial charge >= 0.3 is 0 Å². The van der Waals surface area contributed by atoms with Crippen molar-refractivity contribution in [2.24, 2.45) is 0 Å². The number of hydrogen-bond acceptors (Lipinski definition) is 6. The number of rotatable bonds is 6. The van der Waals surface area contributed by atoms with Crippen molar-refractivity contribution in [2.45, 2.75) is 26.2 Å². The van der Waals surface area contributed by atoms with Crippen LogP contribution in [0.2, 0.25) is 0 Å². The Morgan fingerprint density at radius 2 is 2.30 bits per heavy atom. The standard InChI is InChI=1S/C16H16N4O2S/c1-11-4-2-5-12(10-11)15-19-14(22-20-15)7-3-6-13(21)18-16-17-8-9-23-16/h2,4-5,8-10H,3,6-7H2,1H3,(H,17,18,21). The number of nitrogens with one attached hydrogen (secondary N) is 1. The molecule has 0 spiro atoms. The molecule has 0 aliphatic heterocycles. The van der Waals surface area contributed by atoms with Crippen LogP contribution in [0.15, 0.2) is 40.4 Å². The molecule has 7 heteroatoms. The molecule has 0 aliphatic rings. The maximum Gasteiger partial charge on any atom is 0.226 e. The van der Waals surface area contributed by atoms with Crippen molar-refractivity contribution in [1.82, 2.24) is 15.1 Å². The van der Waals surface area contributed by atoms with Gasteiger partial charge in [0, 0.05) is 30.0 Å². The zero-order chi connectivity index (χ0) is 16.1. The Morgan fingerprint density at radius 3 is 3.09 bits per heavy atom. The van der Waals surface area contributed by atoms with Gasteiger partial charge in [-0.05, 0) is 19.4 Å². The van der Waals surface area contributed by atoms with Crippen LogP contribution in [0.5, 0.6) is 0 Å². The third-order valence-corrected chi connectivity index (χ3v) is 3.91. The van der Waals surface area contributed by atoms with Crippen LogP contribution in [-0.2, 0) is 11.2 Å². The minimum atomic E-state index is -0.0571. The Labute approximate surface area is 137 Å². The van der Waals surface area contributed by atoms with Crippen LogP contribution in [0.25, 0.3) is 11.4 Å². The van der Waals surface area contributed by atoms with Gasteiger partial charge in [0.05, 0.1) is 0 Å². The van der Waals surface area contributed by atoms with E-state index in [-0.39, 0.29) is 5.91 Å². The van der Waals surface area contributed by atoms with Crippen molar-refractivity contribution < 1.29 is 9.32 Å². The Bertz CT molecular complexity index is 783. The fourth-order valence-electron chi connectivity index (χ4n) is 2.12. The molecule has 2 heterocycles. The monoisotopic (exact) mass is 328 g/mol. The second-order valence-corrected chi connectivity index (χ2v) is 6.01. The first kappa shape index (κ1) is 15.4. The Balaban J connectivity index is 1.50. The first-order chi connectivity index (χ1) is 11.2. The maximum absolute atomic E-state index is 11.8. The third-order valence-electron chi connectivity index (χ3n) is 3.22. The van der Waals surface area contributed by atoms with Gasteiger partial charge < -0.3 is 9.84 Å². The molecule has 1 aromatic carbocycles. The van der Waals surface area contributed by atoms with Gasteiger partial charge in [-0.1, -0.05) is 28.9 Å². The van der Waals surface area contributed by atoms with E-state index in [1.807, 2.05) is 36.6 Å². The van der Waals surface area contributed by atoms with Gasteiger partial charge in [-0.25, -0.2) is 4.98 Å². The quantitative estimate of drug-likeness (QED) is 0.749. The second-order valence-electron chi connectivity index (χ2n) is 5.12. The zero-order valence-corrected chi connectivity index (χ0v) is 13.5. The zero-order valence-electron chi connectivity index (χ0n) is 12.7. The molecule has 0 aliphatic carbocycles. The number of thiazole rings is 1. The minimum absolute atomic E-state index is 0.0571. The molecule has 0 saturated heterocycles. The van der Waals surface area contributed by atoms with E-state index < -0.39 is 0 Å². The topological polar surface area (TPSA) is 80.9 Å². The lowest BCUT2D eigenvalue weighted by Crippen LogP contribution is -2.11. The second kappa shape index (κ2) is 7.15. The van der Waals surface area contributed by atoms with Gasteiger partial charge in [0.15, 0.2) is 5.13 Å². The van der Waals surface area contributed by atoms with E-state index in [4.69, 9.17) is 4.52 Å². The van der Waals surface area contributed by atoms with Crippen molar-refractivity contribution in [3.05, 3.63) is 47.3 Å². The van der Waals surface area contributed by atoms with E-state index >= 15 is 0 Å². The highest BCUT2D eigenvalue weighted by atomic mass is 32.1. The molecule has 118 valence electrons. The van der Waals surface area contributed by atoms with Crippen LogP contribution >= 0.6 is 11.3 Å². The van der Waals surface area contributed by atoms with Crippen molar-refractivity contribution in [3.8, 4) is 11.4 Å². The molecule has 1 amide bonds. The Morgan fingerprint density at radius 1 is 1.39 bits per heavy atom. The fourth-order valence-corrected chi connectivity index (χ4v) is 2.67. The summed E-state index contributed by atoms with van der Waals surface area (Å²) in [6.07, 6.45) is 3.27. The van der Waals surface area contributed by atoms with Crippen molar-refractivity contribution >= 4 is 22.4 Å². The molecule has 0 saturated carbocycles. The van der Waals surface area contributed by atoms with Crippen LogP contribution in [0.3, 0.4) is 0 Å². The molecule has 1 N–H and O–H groups in total. The molecular weight excluding hydrogens is 312 g/mol. The van der Waals surface area contributed by atoms with Gasteiger partial charge in [-0.2, -0.15) is 4.98 Å². The Hall–Kier alpha value is -2.54. The molecule has 3 rings (SSSR count). The predicted octanol–water partition coefficient (Wildman–Crippen LogP) is 3.46. The lowest BCUT2D eigenvalue weighted by Gasteiger charge is -1.99. The fraction of sp³-hybridized carbons (Fsp3) is 0.250. The van der Waals surface area contributed by atoms with Crippen LogP contribution < -0.4 is 5.32 Å². The smallest absolute Gasteiger partial charge is 0.226 e. The summed E-state index contributed by atoms with van der Waals surface area (Å²) in [7, 11) is 0. The number of carbonyl (C=O) groups excluding carboxylic acids is 1. The number of benzene rings is 1. The van der Waals surface area contributed by atoms with E-state index in [9.17, 15) is 4.79 Å².